The Morgan fingerprint density at radius 2 is 1.85 bits per heavy atom. The number of hydrogen-bond acceptors (Lipinski definition) is 3. The number of nitrogens with two attached hydrogens (primary N) is 1. The van der Waals surface area contributed by atoms with E-state index >= 15 is 0 Å². The second-order valence-corrected chi connectivity index (χ2v) is 7.21. The molecule has 2 aliphatic carbocycles. The summed E-state index contributed by atoms with van der Waals surface area (Å²) in [7, 11) is 0. The Morgan fingerprint density at radius 3 is 2.35 bits per heavy atom. The number of carbonyl (C=O) groups is 1. The van der Waals surface area contributed by atoms with E-state index in [1.807, 2.05) is 0 Å². The number of nitrogens with one attached hydrogen (secondary N) is 1. The van der Waals surface area contributed by atoms with E-state index in [1.54, 1.807) is 0 Å². The third kappa shape index (κ3) is 3.17. The molecule has 0 atom stereocenters. The molecule has 0 aliphatic heterocycles. The number of carbonyl (C=O) groups excluding carboxylic acids is 1. The zero-order valence-corrected chi connectivity index (χ0v) is 12.8. The maximum Gasteiger partial charge on any atom is 0.227 e. The SMILES string of the molecule is CC1CCC(CN)(C(=O)NCC2(CO)CCCC2)CC1. The van der Waals surface area contributed by atoms with E-state index in [1.165, 1.54) is 0 Å². The third-order valence-corrected chi connectivity index (χ3v) is 5.73. The van der Waals surface area contributed by atoms with E-state index in [0.717, 1.165) is 51.4 Å². The molecule has 2 aliphatic rings. The fourth-order valence-electron chi connectivity index (χ4n) is 3.81. The van der Waals surface area contributed by atoms with E-state index in [4.69, 9.17) is 5.73 Å². The van der Waals surface area contributed by atoms with Gasteiger partial charge in [-0.3, -0.25) is 4.79 Å². The Kier molecular flexibility index (Phi) is 5.08. The number of aliphatic hydroxyl groups is 1. The van der Waals surface area contributed by atoms with Gasteiger partial charge in [0.05, 0.1) is 12.0 Å². The van der Waals surface area contributed by atoms with Crippen molar-refractivity contribution in [1.29, 1.82) is 0 Å². The Hall–Kier alpha value is -0.610. The first-order valence-electron chi connectivity index (χ1n) is 8.15. The molecule has 116 valence electrons. The molecule has 0 unspecified atom stereocenters. The Labute approximate surface area is 122 Å². The van der Waals surface area contributed by atoms with Gasteiger partial charge >= 0.3 is 0 Å². The number of amides is 1. The second kappa shape index (κ2) is 6.44. The minimum atomic E-state index is -0.359. The highest BCUT2D eigenvalue weighted by atomic mass is 16.3. The normalized spacial score (nSPS) is 33.0. The molecule has 0 aromatic rings. The molecule has 0 aromatic carbocycles. The first kappa shape index (κ1) is 15.8. The van der Waals surface area contributed by atoms with Crippen molar-refractivity contribution in [1.82, 2.24) is 5.32 Å². The van der Waals surface area contributed by atoms with Gasteiger partial charge in [0.1, 0.15) is 0 Å². The van der Waals surface area contributed by atoms with Crippen LogP contribution in [0, 0.1) is 16.7 Å². The quantitative estimate of drug-likeness (QED) is 0.720. The average molecular weight is 282 g/mol. The Balaban J connectivity index is 1.92. The van der Waals surface area contributed by atoms with Gasteiger partial charge < -0.3 is 16.2 Å². The monoisotopic (exact) mass is 282 g/mol. The molecule has 0 aromatic heterocycles. The lowest BCUT2D eigenvalue weighted by Gasteiger charge is -2.38. The highest BCUT2D eigenvalue weighted by Crippen LogP contribution is 2.40. The number of aliphatic hydroxyl groups excluding tert-OH is 1. The highest BCUT2D eigenvalue weighted by molar-refractivity contribution is 5.83. The predicted octanol–water partition coefficient (Wildman–Crippen LogP) is 1.81. The molecule has 4 heteroatoms. The Morgan fingerprint density at radius 1 is 1.25 bits per heavy atom. The summed E-state index contributed by atoms with van der Waals surface area (Å²) in [5, 5.41) is 12.7. The van der Waals surface area contributed by atoms with E-state index in [9.17, 15) is 9.90 Å². The lowest BCUT2D eigenvalue weighted by atomic mass is 9.70. The van der Waals surface area contributed by atoms with Crippen molar-refractivity contribution in [3.8, 4) is 0 Å². The summed E-state index contributed by atoms with van der Waals surface area (Å²) in [4.78, 5) is 12.6. The van der Waals surface area contributed by atoms with E-state index in [2.05, 4.69) is 12.2 Å². The summed E-state index contributed by atoms with van der Waals surface area (Å²) in [6.07, 6.45) is 8.37. The third-order valence-electron chi connectivity index (χ3n) is 5.73. The van der Waals surface area contributed by atoms with Gasteiger partial charge in [0.15, 0.2) is 0 Å². The molecule has 20 heavy (non-hydrogen) atoms. The molecule has 0 heterocycles. The van der Waals surface area contributed by atoms with Crippen LogP contribution in [0.5, 0.6) is 0 Å². The van der Waals surface area contributed by atoms with Gasteiger partial charge in [-0.05, 0) is 44.4 Å². The van der Waals surface area contributed by atoms with Crippen LogP contribution in [0.15, 0.2) is 0 Å². The van der Waals surface area contributed by atoms with Gasteiger partial charge in [-0.15, -0.1) is 0 Å². The van der Waals surface area contributed by atoms with Crippen LogP contribution in [-0.4, -0.2) is 30.7 Å². The lowest BCUT2D eigenvalue weighted by Crippen LogP contribution is -2.50. The van der Waals surface area contributed by atoms with Gasteiger partial charge in [-0.1, -0.05) is 19.8 Å². The van der Waals surface area contributed by atoms with Crippen molar-refractivity contribution in [2.24, 2.45) is 22.5 Å². The van der Waals surface area contributed by atoms with E-state index < -0.39 is 0 Å². The molecule has 4 nitrogen and oxygen atoms in total. The van der Waals surface area contributed by atoms with Crippen LogP contribution in [0.1, 0.15) is 58.3 Å². The topological polar surface area (TPSA) is 75.4 Å². The predicted molar refractivity (Wildman–Crippen MR) is 80.1 cm³/mol. The van der Waals surface area contributed by atoms with E-state index in [-0.39, 0.29) is 23.3 Å². The van der Waals surface area contributed by atoms with Crippen LogP contribution in [0.4, 0.5) is 0 Å². The van der Waals surface area contributed by atoms with Gasteiger partial charge in [0.2, 0.25) is 5.91 Å². The van der Waals surface area contributed by atoms with E-state index in [0.29, 0.717) is 19.0 Å². The minimum Gasteiger partial charge on any atom is -0.396 e. The van der Waals surface area contributed by atoms with Crippen LogP contribution < -0.4 is 11.1 Å². The van der Waals surface area contributed by atoms with Crippen molar-refractivity contribution in [2.75, 3.05) is 19.7 Å². The standard InChI is InChI=1S/C16H30N2O2/c1-13-4-8-16(10-17,9-5-13)14(20)18-11-15(12-19)6-2-3-7-15/h13,19H,2-12,17H2,1H3,(H,18,20). The minimum absolute atomic E-state index is 0.0760. The van der Waals surface area contributed by atoms with Gasteiger partial charge in [-0.25, -0.2) is 0 Å². The molecule has 1 amide bonds. The largest absolute Gasteiger partial charge is 0.396 e. The fraction of sp³-hybridized carbons (Fsp3) is 0.938. The zero-order chi connectivity index (χ0) is 14.6. The summed E-state index contributed by atoms with van der Waals surface area (Å²) >= 11 is 0. The highest BCUT2D eigenvalue weighted by Gasteiger charge is 2.41. The summed E-state index contributed by atoms with van der Waals surface area (Å²) < 4.78 is 0. The number of hydrogen-bond donors (Lipinski definition) is 3. The van der Waals surface area contributed by atoms with Crippen molar-refractivity contribution in [3.63, 3.8) is 0 Å². The van der Waals surface area contributed by atoms with Crippen molar-refractivity contribution < 1.29 is 9.90 Å². The number of rotatable bonds is 5. The molecule has 4 N–H and O–H groups in total. The molecule has 2 rings (SSSR count). The molecular weight excluding hydrogens is 252 g/mol. The van der Waals surface area contributed by atoms with Crippen LogP contribution in [0.25, 0.3) is 0 Å². The molecule has 0 saturated heterocycles. The molecule has 2 fully saturated rings. The van der Waals surface area contributed by atoms with Crippen molar-refractivity contribution in [3.05, 3.63) is 0 Å². The molecule has 0 radical (unpaired) electrons. The summed E-state index contributed by atoms with van der Waals surface area (Å²) in [6, 6.07) is 0. The maximum absolute atomic E-state index is 12.6. The van der Waals surface area contributed by atoms with Crippen LogP contribution >= 0.6 is 0 Å². The smallest absolute Gasteiger partial charge is 0.227 e. The van der Waals surface area contributed by atoms with Crippen molar-refractivity contribution in [2.45, 2.75) is 58.3 Å². The van der Waals surface area contributed by atoms with Gasteiger partial charge in [0.25, 0.3) is 0 Å². The first-order valence-corrected chi connectivity index (χ1v) is 8.15. The van der Waals surface area contributed by atoms with Crippen LogP contribution in [0.3, 0.4) is 0 Å². The van der Waals surface area contributed by atoms with Gasteiger partial charge in [0, 0.05) is 18.5 Å². The average Bonchev–Trinajstić information content (AvgIpc) is 2.95. The molecule has 0 spiro atoms. The molecular formula is C16H30N2O2. The lowest BCUT2D eigenvalue weighted by molar-refractivity contribution is -0.133. The first-order chi connectivity index (χ1) is 9.56. The molecule has 2 saturated carbocycles. The summed E-state index contributed by atoms with van der Waals surface area (Å²) in [6.45, 7) is 3.48. The maximum atomic E-state index is 12.6. The second-order valence-electron chi connectivity index (χ2n) is 7.21. The van der Waals surface area contributed by atoms with Crippen LogP contribution in [0.2, 0.25) is 0 Å². The van der Waals surface area contributed by atoms with Crippen molar-refractivity contribution >= 4 is 5.91 Å². The summed E-state index contributed by atoms with van der Waals surface area (Å²) in [5.41, 5.74) is 5.49. The van der Waals surface area contributed by atoms with Gasteiger partial charge in [-0.2, -0.15) is 0 Å². The fourth-order valence-corrected chi connectivity index (χ4v) is 3.81. The zero-order valence-electron chi connectivity index (χ0n) is 12.8. The Bertz CT molecular complexity index is 329. The summed E-state index contributed by atoms with van der Waals surface area (Å²) in [5.74, 6) is 0.827. The van der Waals surface area contributed by atoms with Crippen LogP contribution in [-0.2, 0) is 4.79 Å². The molecule has 0 bridgehead atoms.